The molecule has 0 saturated heterocycles. The minimum atomic E-state index is -1.57. The van der Waals surface area contributed by atoms with Crippen molar-refractivity contribution in [2.75, 3.05) is 12.3 Å². The van der Waals surface area contributed by atoms with Crippen LogP contribution in [-0.4, -0.2) is 77.1 Å². The Balaban J connectivity index is 5.44. The first-order valence-corrected chi connectivity index (χ1v) is 10.3. The average molecular weight is 478 g/mol. The zero-order valence-corrected chi connectivity index (χ0v) is 18.3. The number of hydrogen-bond donors (Lipinski definition) is 9. The van der Waals surface area contributed by atoms with Gasteiger partial charge in [0.25, 0.3) is 0 Å². The third-order valence-electron chi connectivity index (χ3n) is 4.17. The number of aliphatic carboxylic acids is 1. The fourth-order valence-electron chi connectivity index (χ4n) is 2.48. The first kappa shape index (κ1) is 29.1. The van der Waals surface area contributed by atoms with Crippen molar-refractivity contribution in [2.45, 2.75) is 56.3 Å². The Morgan fingerprint density at radius 3 is 1.59 bits per heavy atom. The molecule has 15 heteroatoms. The summed E-state index contributed by atoms with van der Waals surface area (Å²) in [7, 11) is 0. The molecule has 0 bridgehead atoms. The van der Waals surface area contributed by atoms with Crippen LogP contribution < -0.4 is 38.9 Å². The zero-order chi connectivity index (χ0) is 24.8. The predicted molar refractivity (Wildman–Crippen MR) is 116 cm³/mol. The third-order valence-corrected chi connectivity index (χ3v) is 4.56. The summed E-state index contributed by atoms with van der Waals surface area (Å²) in [5.41, 5.74) is 21.1. The summed E-state index contributed by atoms with van der Waals surface area (Å²) in [5.74, 6) is -6.10. The Hall–Kier alpha value is -2.91. The van der Waals surface area contributed by atoms with Crippen LogP contribution >= 0.6 is 12.6 Å². The highest BCUT2D eigenvalue weighted by Gasteiger charge is 2.31. The number of thiol groups is 1. The highest BCUT2D eigenvalue weighted by molar-refractivity contribution is 7.80. The van der Waals surface area contributed by atoms with Gasteiger partial charge in [-0.25, -0.2) is 4.79 Å². The van der Waals surface area contributed by atoms with Crippen LogP contribution in [0.1, 0.15) is 32.1 Å². The monoisotopic (exact) mass is 477 g/mol. The number of nitrogens with one attached hydrogen (secondary N) is 3. The second-order valence-corrected chi connectivity index (χ2v) is 7.30. The molecule has 0 aliphatic carbocycles. The van der Waals surface area contributed by atoms with E-state index in [1.54, 1.807) is 0 Å². The van der Waals surface area contributed by atoms with Crippen molar-refractivity contribution < 1.29 is 33.9 Å². The van der Waals surface area contributed by atoms with Crippen molar-refractivity contribution >= 4 is 48.1 Å². The molecule has 0 heterocycles. The Morgan fingerprint density at radius 2 is 1.22 bits per heavy atom. The van der Waals surface area contributed by atoms with Crippen LogP contribution in [0.2, 0.25) is 0 Å². The molecule has 0 radical (unpaired) electrons. The van der Waals surface area contributed by atoms with E-state index in [0.29, 0.717) is 19.4 Å². The summed E-state index contributed by atoms with van der Waals surface area (Å²) in [4.78, 5) is 71.2. The molecule has 0 aliphatic heterocycles. The molecule has 182 valence electrons. The second kappa shape index (κ2) is 15.0. The molecular weight excluding hydrogens is 446 g/mol. The average Bonchev–Trinajstić information content (AvgIpc) is 2.70. The number of nitrogens with two attached hydrogens (primary N) is 4. The zero-order valence-electron chi connectivity index (χ0n) is 17.4. The number of amides is 5. The van der Waals surface area contributed by atoms with Gasteiger partial charge in [0.15, 0.2) is 0 Å². The van der Waals surface area contributed by atoms with E-state index in [-0.39, 0.29) is 12.2 Å². The van der Waals surface area contributed by atoms with Gasteiger partial charge in [0.1, 0.15) is 18.1 Å². The summed E-state index contributed by atoms with van der Waals surface area (Å²) in [6, 6.07) is -5.46. The summed E-state index contributed by atoms with van der Waals surface area (Å²) in [5, 5.41) is 15.9. The maximum atomic E-state index is 12.6. The lowest BCUT2D eigenvalue weighted by molar-refractivity contribution is -0.142. The van der Waals surface area contributed by atoms with Crippen LogP contribution in [0.3, 0.4) is 0 Å². The van der Waals surface area contributed by atoms with Crippen LogP contribution in [-0.2, 0) is 28.8 Å². The third kappa shape index (κ3) is 11.5. The molecule has 0 aromatic carbocycles. The Kier molecular flexibility index (Phi) is 13.6. The fourth-order valence-corrected chi connectivity index (χ4v) is 2.64. The Bertz CT molecular complexity index is 707. The first-order chi connectivity index (χ1) is 14.9. The van der Waals surface area contributed by atoms with E-state index in [1.165, 1.54) is 0 Å². The predicted octanol–water partition coefficient (Wildman–Crippen LogP) is -4.34. The van der Waals surface area contributed by atoms with Crippen LogP contribution in [0.25, 0.3) is 0 Å². The molecule has 0 aromatic rings. The minimum Gasteiger partial charge on any atom is -0.480 e. The maximum Gasteiger partial charge on any atom is 0.326 e. The van der Waals surface area contributed by atoms with Gasteiger partial charge < -0.3 is 44.0 Å². The van der Waals surface area contributed by atoms with E-state index in [9.17, 15) is 33.9 Å². The molecule has 0 rings (SSSR count). The van der Waals surface area contributed by atoms with Crippen LogP contribution in [0, 0.1) is 0 Å². The molecule has 0 aromatic heterocycles. The number of carbonyl (C=O) groups excluding carboxylic acids is 5. The molecule has 12 N–H and O–H groups in total. The van der Waals surface area contributed by atoms with Crippen molar-refractivity contribution in [3.05, 3.63) is 0 Å². The largest absolute Gasteiger partial charge is 0.480 e. The summed E-state index contributed by atoms with van der Waals surface area (Å²) in [6.07, 6.45) is -0.279. The molecule has 0 spiro atoms. The van der Waals surface area contributed by atoms with Gasteiger partial charge in [0.05, 0.1) is 18.9 Å². The van der Waals surface area contributed by atoms with E-state index < -0.39 is 72.5 Å². The van der Waals surface area contributed by atoms with Gasteiger partial charge >= 0.3 is 5.97 Å². The lowest BCUT2D eigenvalue weighted by atomic mass is 10.1. The van der Waals surface area contributed by atoms with E-state index >= 15 is 0 Å². The second-order valence-electron chi connectivity index (χ2n) is 6.94. The first-order valence-electron chi connectivity index (χ1n) is 9.69. The molecule has 32 heavy (non-hydrogen) atoms. The Morgan fingerprint density at radius 1 is 0.781 bits per heavy atom. The van der Waals surface area contributed by atoms with E-state index in [0.717, 1.165) is 0 Å². The highest BCUT2D eigenvalue weighted by atomic mass is 32.1. The van der Waals surface area contributed by atoms with Gasteiger partial charge in [-0.15, -0.1) is 0 Å². The molecule has 0 saturated carbocycles. The van der Waals surface area contributed by atoms with Gasteiger partial charge in [-0.1, -0.05) is 0 Å². The minimum absolute atomic E-state index is 0.0514. The topological polar surface area (TPSA) is 263 Å². The van der Waals surface area contributed by atoms with Crippen LogP contribution in [0.5, 0.6) is 0 Å². The van der Waals surface area contributed by atoms with Crippen LogP contribution in [0.15, 0.2) is 0 Å². The number of carbonyl (C=O) groups is 6. The van der Waals surface area contributed by atoms with Gasteiger partial charge in [-0.05, 0) is 25.8 Å². The Labute approximate surface area is 190 Å². The van der Waals surface area contributed by atoms with E-state index in [1.807, 2.05) is 0 Å². The van der Waals surface area contributed by atoms with Crippen molar-refractivity contribution in [2.24, 2.45) is 22.9 Å². The van der Waals surface area contributed by atoms with Crippen LogP contribution in [0.4, 0.5) is 0 Å². The molecule has 14 nitrogen and oxygen atoms in total. The van der Waals surface area contributed by atoms with Gasteiger partial charge in [0, 0.05) is 5.75 Å². The molecule has 0 aliphatic rings. The van der Waals surface area contributed by atoms with Gasteiger partial charge in [-0.2, -0.15) is 12.6 Å². The van der Waals surface area contributed by atoms with Crippen molar-refractivity contribution in [1.29, 1.82) is 0 Å². The summed E-state index contributed by atoms with van der Waals surface area (Å²) < 4.78 is 0. The molecule has 4 atom stereocenters. The van der Waals surface area contributed by atoms with Crippen molar-refractivity contribution in [3.63, 3.8) is 0 Å². The number of primary amides is 2. The number of hydrogen-bond acceptors (Lipinski definition) is 9. The SMILES string of the molecule is NCCCCC(NC(=O)C(CC(N)=O)NC(=O)C(CC(N)=O)NC(=O)C(N)CS)C(=O)O. The van der Waals surface area contributed by atoms with Crippen molar-refractivity contribution in [1.82, 2.24) is 16.0 Å². The van der Waals surface area contributed by atoms with E-state index in [4.69, 9.17) is 22.9 Å². The van der Waals surface area contributed by atoms with Gasteiger partial charge in [-0.3, -0.25) is 24.0 Å². The number of carboxylic acid groups (broad SMARTS) is 1. The lowest BCUT2D eigenvalue weighted by Crippen LogP contribution is -2.58. The van der Waals surface area contributed by atoms with Gasteiger partial charge in [0.2, 0.25) is 29.5 Å². The fraction of sp³-hybridized carbons (Fsp3) is 0.647. The highest BCUT2D eigenvalue weighted by Crippen LogP contribution is 2.04. The summed E-state index contributed by atoms with van der Waals surface area (Å²) >= 11 is 3.86. The number of unbranched alkanes of at least 4 members (excludes halogenated alkanes) is 1. The molecule has 4 unspecified atom stereocenters. The maximum absolute atomic E-state index is 12.6. The molecule has 5 amide bonds. The molecule has 0 fully saturated rings. The smallest absolute Gasteiger partial charge is 0.326 e. The lowest BCUT2D eigenvalue weighted by Gasteiger charge is -2.24. The quantitative estimate of drug-likeness (QED) is 0.0767. The van der Waals surface area contributed by atoms with Crippen molar-refractivity contribution in [3.8, 4) is 0 Å². The number of carboxylic acids is 1. The molecular formula is C17H31N7O7S. The van der Waals surface area contributed by atoms with E-state index in [2.05, 4.69) is 28.6 Å². The normalized spacial score (nSPS) is 14.3. The standard InChI is InChI=1S/C17H31N7O7S/c18-4-2-1-3-9(17(30)31)22-15(28)11(6-13(21)26)24-16(29)10(5-12(20)25)23-14(27)8(19)7-32/h8-11,32H,1-7,18-19H2,(H2,20,25)(H2,21,26)(H,22,28)(H,23,27)(H,24,29)(H,30,31). The summed E-state index contributed by atoms with van der Waals surface area (Å²) in [6.45, 7) is 0.338. The number of rotatable bonds is 16.